The SMILES string of the molecule is O=C(/C=C\n1cnc(-c2cc(C(F)(F)F)cc(C(F)(F)F)c2)n1)NN1CCC2(CC2)C1=O. The van der Waals surface area contributed by atoms with Gasteiger partial charge >= 0.3 is 12.4 Å². The highest BCUT2D eigenvalue weighted by Crippen LogP contribution is 2.53. The van der Waals surface area contributed by atoms with Crippen molar-refractivity contribution >= 4 is 18.0 Å². The van der Waals surface area contributed by atoms with E-state index >= 15 is 0 Å². The van der Waals surface area contributed by atoms with Crippen molar-refractivity contribution in [2.75, 3.05) is 6.54 Å². The summed E-state index contributed by atoms with van der Waals surface area (Å²) in [5, 5.41) is 5.03. The van der Waals surface area contributed by atoms with E-state index in [0.29, 0.717) is 25.1 Å². The molecule has 1 aliphatic heterocycles. The van der Waals surface area contributed by atoms with E-state index in [9.17, 15) is 35.9 Å². The molecule has 1 saturated heterocycles. The van der Waals surface area contributed by atoms with Gasteiger partial charge in [0.25, 0.3) is 5.91 Å². The van der Waals surface area contributed by atoms with Crippen LogP contribution in [-0.2, 0) is 21.9 Å². The van der Waals surface area contributed by atoms with Crippen LogP contribution in [0.1, 0.15) is 30.4 Å². The molecule has 2 aliphatic rings. The molecule has 170 valence electrons. The Morgan fingerprint density at radius 1 is 1.03 bits per heavy atom. The first kappa shape index (κ1) is 21.8. The van der Waals surface area contributed by atoms with E-state index in [1.165, 1.54) is 5.01 Å². The molecule has 1 aromatic carbocycles. The van der Waals surface area contributed by atoms with Crippen LogP contribution in [0.5, 0.6) is 0 Å². The Labute approximate surface area is 176 Å². The second kappa shape index (κ2) is 7.35. The van der Waals surface area contributed by atoms with Gasteiger partial charge in [0, 0.05) is 24.4 Å². The van der Waals surface area contributed by atoms with Gasteiger partial charge in [-0.05, 0) is 37.5 Å². The number of hydrazine groups is 1. The first-order valence-electron chi connectivity index (χ1n) is 9.39. The Morgan fingerprint density at radius 2 is 1.66 bits per heavy atom. The van der Waals surface area contributed by atoms with Gasteiger partial charge in [0.2, 0.25) is 5.91 Å². The zero-order chi connectivity index (χ0) is 23.3. The van der Waals surface area contributed by atoms with Crippen LogP contribution in [-0.4, -0.2) is 38.1 Å². The zero-order valence-electron chi connectivity index (χ0n) is 16.2. The van der Waals surface area contributed by atoms with Crippen LogP contribution in [0, 0.1) is 5.41 Å². The maximum atomic E-state index is 13.0. The van der Waals surface area contributed by atoms with Gasteiger partial charge in [-0.25, -0.2) is 9.67 Å². The summed E-state index contributed by atoms with van der Waals surface area (Å²) in [6.07, 6.45) is -4.60. The van der Waals surface area contributed by atoms with Crippen molar-refractivity contribution in [3.05, 3.63) is 41.7 Å². The fraction of sp³-hybridized carbons (Fsp3) is 0.368. The van der Waals surface area contributed by atoms with Crippen molar-refractivity contribution in [1.82, 2.24) is 25.2 Å². The van der Waals surface area contributed by atoms with Crippen molar-refractivity contribution in [3.8, 4) is 11.4 Å². The van der Waals surface area contributed by atoms with Gasteiger partial charge in [-0.2, -0.15) is 26.3 Å². The molecule has 1 saturated carbocycles. The van der Waals surface area contributed by atoms with Crippen molar-refractivity contribution in [1.29, 1.82) is 0 Å². The fourth-order valence-electron chi connectivity index (χ4n) is 3.42. The Bertz CT molecular complexity index is 1070. The normalized spacial score (nSPS) is 18.1. The molecular weight excluding hydrogens is 444 g/mol. The van der Waals surface area contributed by atoms with Gasteiger partial charge in [0.05, 0.1) is 16.5 Å². The molecule has 0 atom stereocenters. The van der Waals surface area contributed by atoms with E-state index < -0.39 is 40.8 Å². The first-order chi connectivity index (χ1) is 14.9. The third-order valence-electron chi connectivity index (χ3n) is 5.34. The highest BCUT2D eigenvalue weighted by Gasteiger charge is 2.55. The number of nitrogens with one attached hydrogen (secondary N) is 1. The number of hydrogen-bond acceptors (Lipinski definition) is 4. The van der Waals surface area contributed by atoms with Gasteiger partial charge in [-0.1, -0.05) is 0 Å². The minimum Gasteiger partial charge on any atom is -0.272 e. The van der Waals surface area contributed by atoms with Crippen LogP contribution in [0.25, 0.3) is 17.6 Å². The Balaban J connectivity index is 1.50. The van der Waals surface area contributed by atoms with Gasteiger partial charge in [0.15, 0.2) is 5.82 Å². The van der Waals surface area contributed by atoms with Crippen LogP contribution in [0.15, 0.2) is 30.6 Å². The topological polar surface area (TPSA) is 80.1 Å². The van der Waals surface area contributed by atoms with Crippen LogP contribution >= 0.6 is 0 Å². The smallest absolute Gasteiger partial charge is 0.272 e. The number of carbonyl (C=O) groups is 2. The molecule has 0 unspecified atom stereocenters. The molecule has 2 fully saturated rings. The summed E-state index contributed by atoms with van der Waals surface area (Å²) < 4.78 is 79.1. The largest absolute Gasteiger partial charge is 0.416 e. The number of carbonyl (C=O) groups excluding carboxylic acids is 2. The molecule has 1 N–H and O–H groups in total. The predicted octanol–water partition coefficient (Wildman–Crippen LogP) is 3.50. The molecule has 0 bridgehead atoms. The summed E-state index contributed by atoms with van der Waals surface area (Å²) in [5.74, 6) is -1.18. The van der Waals surface area contributed by atoms with Crippen LogP contribution in [0.3, 0.4) is 0 Å². The van der Waals surface area contributed by atoms with E-state index in [2.05, 4.69) is 15.5 Å². The first-order valence-corrected chi connectivity index (χ1v) is 9.39. The van der Waals surface area contributed by atoms with E-state index in [0.717, 1.165) is 36.1 Å². The molecule has 13 heteroatoms. The van der Waals surface area contributed by atoms with E-state index in [1.807, 2.05) is 0 Å². The predicted molar refractivity (Wildman–Crippen MR) is 96.9 cm³/mol. The minimum atomic E-state index is -5.00. The summed E-state index contributed by atoms with van der Waals surface area (Å²) >= 11 is 0. The molecule has 2 heterocycles. The van der Waals surface area contributed by atoms with E-state index in [4.69, 9.17) is 0 Å². The molecule has 1 aromatic heterocycles. The third-order valence-corrected chi connectivity index (χ3v) is 5.34. The molecule has 2 amide bonds. The number of nitrogens with zero attached hydrogens (tertiary/aromatic N) is 4. The maximum Gasteiger partial charge on any atom is 0.416 e. The number of rotatable bonds is 4. The quantitative estimate of drug-likeness (QED) is 0.561. The number of hydrogen-bond donors (Lipinski definition) is 1. The lowest BCUT2D eigenvalue weighted by molar-refractivity contribution is -0.143. The van der Waals surface area contributed by atoms with Crippen molar-refractivity contribution < 1.29 is 35.9 Å². The summed E-state index contributed by atoms with van der Waals surface area (Å²) in [7, 11) is 0. The number of aromatic nitrogens is 3. The Hall–Kier alpha value is -3.38. The van der Waals surface area contributed by atoms with Gasteiger partial charge < -0.3 is 0 Å². The highest BCUT2D eigenvalue weighted by molar-refractivity contribution is 5.94. The summed E-state index contributed by atoms with van der Waals surface area (Å²) in [6, 6.07) is 1.03. The van der Waals surface area contributed by atoms with Crippen LogP contribution < -0.4 is 5.43 Å². The van der Waals surface area contributed by atoms with Gasteiger partial charge in [0.1, 0.15) is 6.33 Å². The van der Waals surface area contributed by atoms with Crippen LogP contribution in [0.2, 0.25) is 0 Å². The Kier molecular flexibility index (Phi) is 5.01. The molecule has 2 aromatic rings. The van der Waals surface area contributed by atoms with E-state index in [-0.39, 0.29) is 17.4 Å². The number of benzene rings is 1. The molecule has 1 spiro atoms. The number of alkyl halides is 6. The molecular formula is C19H15F6N5O2. The lowest BCUT2D eigenvalue weighted by Crippen LogP contribution is -2.43. The molecule has 0 radical (unpaired) electrons. The number of halogens is 6. The Morgan fingerprint density at radius 3 is 2.19 bits per heavy atom. The average molecular weight is 459 g/mol. The summed E-state index contributed by atoms with van der Waals surface area (Å²) in [5.41, 5.74) is -1.38. The molecule has 1 aliphatic carbocycles. The van der Waals surface area contributed by atoms with Crippen LogP contribution in [0.4, 0.5) is 26.3 Å². The van der Waals surface area contributed by atoms with E-state index in [1.54, 1.807) is 0 Å². The monoisotopic (exact) mass is 459 g/mol. The minimum absolute atomic E-state index is 0.0101. The summed E-state index contributed by atoms with van der Waals surface area (Å²) in [6.45, 7) is 0.392. The summed E-state index contributed by atoms with van der Waals surface area (Å²) in [4.78, 5) is 27.9. The van der Waals surface area contributed by atoms with Crippen molar-refractivity contribution in [2.45, 2.75) is 31.6 Å². The maximum absolute atomic E-state index is 13.0. The number of amides is 2. The standard InChI is InChI=1S/C19H15F6N5O2/c20-18(21,22)12-7-11(8-13(9-12)19(23,24)25)15-26-10-29(28-15)5-1-14(31)27-30-6-4-17(2-3-17)16(30)32/h1,5,7-10H,2-4,6H2,(H,27,31)/b5-1-. The van der Waals surface area contributed by atoms with Crippen molar-refractivity contribution in [3.63, 3.8) is 0 Å². The molecule has 4 rings (SSSR count). The lowest BCUT2D eigenvalue weighted by atomic mass is 10.0. The van der Waals surface area contributed by atoms with Crippen molar-refractivity contribution in [2.24, 2.45) is 5.41 Å². The fourth-order valence-corrected chi connectivity index (χ4v) is 3.42. The second-order valence-corrected chi connectivity index (χ2v) is 7.62. The molecule has 32 heavy (non-hydrogen) atoms. The average Bonchev–Trinajstić information content (AvgIpc) is 3.24. The highest BCUT2D eigenvalue weighted by atomic mass is 19.4. The zero-order valence-corrected chi connectivity index (χ0v) is 16.2. The third kappa shape index (κ3) is 4.32. The van der Waals surface area contributed by atoms with Gasteiger partial charge in [-0.3, -0.25) is 20.0 Å². The molecule has 7 nitrogen and oxygen atoms in total. The second-order valence-electron chi connectivity index (χ2n) is 7.62. The lowest BCUT2D eigenvalue weighted by Gasteiger charge is -2.16. The van der Waals surface area contributed by atoms with Gasteiger partial charge in [-0.15, -0.1) is 5.10 Å².